The lowest BCUT2D eigenvalue weighted by Crippen LogP contribution is -2.03. The Morgan fingerprint density at radius 2 is 1.57 bits per heavy atom. The molecule has 0 atom stereocenters. The molecule has 8 heteroatoms. The summed E-state index contributed by atoms with van der Waals surface area (Å²) in [6, 6.07) is 17.2. The second-order valence-electron chi connectivity index (χ2n) is 6.23. The van der Waals surface area contributed by atoms with Gasteiger partial charge >= 0.3 is 0 Å². The summed E-state index contributed by atoms with van der Waals surface area (Å²) < 4.78 is 10.7. The van der Waals surface area contributed by atoms with E-state index in [1.807, 2.05) is 48.5 Å². The highest BCUT2D eigenvalue weighted by Crippen LogP contribution is 2.35. The van der Waals surface area contributed by atoms with Crippen molar-refractivity contribution in [2.75, 3.05) is 23.2 Å². The predicted octanol–water partition coefficient (Wildman–Crippen LogP) is 3.82. The maximum Gasteiger partial charge on any atom is 0.231 e. The number of fused-ring (bicyclic) bond motifs is 2. The molecule has 0 radical (unpaired) electrons. The number of pyridine rings is 1. The summed E-state index contributed by atoms with van der Waals surface area (Å²) in [4.78, 5) is 12.8. The Labute approximate surface area is 160 Å². The molecule has 4 N–H and O–H groups in total. The van der Waals surface area contributed by atoms with Crippen molar-refractivity contribution in [3.8, 4) is 11.5 Å². The fourth-order valence-electron chi connectivity index (χ4n) is 3.02. The summed E-state index contributed by atoms with van der Waals surface area (Å²) in [5, 5.41) is 7.51. The first-order valence-electron chi connectivity index (χ1n) is 8.66. The van der Waals surface area contributed by atoms with Crippen LogP contribution in [0.2, 0.25) is 0 Å². The van der Waals surface area contributed by atoms with E-state index >= 15 is 0 Å². The summed E-state index contributed by atoms with van der Waals surface area (Å²) >= 11 is 0. The van der Waals surface area contributed by atoms with E-state index < -0.39 is 0 Å². The van der Waals surface area contributed by atoms with Crippen molar-refractivity contribution < 1.29 is 9.47 Å². The maximum absolute atomic E-state index is 5.89. The minimum atomic E-state index is 0.163. The highest BCUT2D eigenvalue weighted by molar-refractivity contribution is 5.83. The average Bonchev–Trinajstić information content (AvgIpc) is 3.15. The number of hydrogen-bond acceptors (Lipinski definition) is 8. The standard InChI is InChI=1S/C20H16N6O2/c21-20-25-18(23-13-3-5-15-12(8-13)2-1-7-22-15)10-19(26-20)24-14-4-6-16-17(9-14)28-11-27-16/h1-10H,11H2,(H4,21,23,24,25,26). The number of nitrogens with one attached hydrogen (secondary N) is 2. The van der Waals surface area contributed by atoms with Gasteiger partial charge in [-0.3, -0.25) is 4.98 Å². The third-order valence-electron chi connectivity index (χ3n) is 4.26. The predicted molar refractivity (Wildman–Crippen MR) is 107 cm³/mol. The van der Waals surface area contributed by atoms with Gasteiger partial charge in [0.15, 0.2) is 11.5 Å². The normalized spacial score (nSPS) is 12.1. The second kappa shape index (κ2) is 6.58. The summed E-state index contributed by atoms with van der Waals surface area (Å²) in [6.45, 7) is 0.231. The van der Waals surface area contributed by atoms with E-state index in [1.165, 1.54) is 0 Å². The largest absolute Gasteiger partial charge is 0.454 e. The quantitative estimate of drug-likeness (QED) is 0.496. The maximum atomic E-state index is 5.89. The van der Waals surface area contributed by atoms with Crippen molar-refractivity contribution >= 4 is 39.9 Å². The minimum Gasteiger partial charge on any atom is -0.454 e. The summed E-state index contributed by atoms with van der Waals surface area (Å²) in [7, 11) is 0. The van der Waals surface area contributed by atoms with Gasteiger partial charge in [-0.2, -0.15) is 9.97 Å². The van der Waals surface area contributed by atoms with Crippen molar-refractivity contribution in [3.63, 3.8) is 0 Å². The van der Waals surface area contributed by atoms with Gasteiger partial charge in [-0.05, 0) is 36.4 Å². The van der Waals surface area contributed by atoms with Crippen molar-refractivity contribution in [2.45, 2.75) is 0 Å². The molecular weight excluding hydrogens is 356 g/mol. The van der Waals surface area contributed by atoms with Gasteiger partial charge in [-0.15, -0.1) is 0 Å². The van der Waals surface area contributed by atoms with Gasteiger partial charge in [0.05, 0.1) is 5.52 Å². The Morgan fingerprint density at radius 3 is 2.43 bits per heavy atom. The molecule has 2 aromatic carbocycles. The topological polar surface area (TPSA) is 107 Å². The van der Waals surface area contributed by atoms with Crippen molar-refractivity contribution in [1.82, 2.24) is 15.0 Å². The molecule has 0 fully saturated rings. The highest BCUT2D eigenvalue weighted by Gasteiger charge is 2.13. The van der Waals surface area contributed by atoms with Crippen LogP contribution in [0.3, 0.4) is 0 Å². The van der Waals surface area contributed by atoms with Crippen LogP contribution in [0.15, 0.2) is 60.8 Å². The third-order valence-corrected chi connectivity index (χ3v) is 4.26. The van der Waals surface area contributed by atoms with Crippen molar-refractivity contribution in [2.24, 2.45) is 0 Å². The van der Waals surface area contributed by atoms with Crippen LogP contribution in [0.25, 0.3) is 10.9 Å². The van der Waals surface area contributed by atoms with E-state index in [4.69, 9.17) is 15.2 Å². The molecule has 0 saturated heterocycles. The van der Waals surface area contributed by atoms with Crippen LogP contribution in [0.5, 0.6) is 11.5 Å². The number of anilines is 5. The lowest BCUT2D eigenvalue weighted by Gasteiger charge is -2.11. The van der Waals surface area contributed by atoms with E-state index in [-0.39, 0.29) is 12.7 Å². The molecule has 0 unspecified atom stereocenters. The van der Waals surface area contributed by atoms with Crippen LogP contribution < -0.4 is 25.8 Å². The Balaban J connectivity index is 1.40. The van der Waals surface area contributed by atoms with E-state index in [2.05, 4.69) is 25.6 Å². The number of nitrogens with zero attached hydrogens (tertiary/aromatic N) is 3. The fourth-order valence-corrected chi connectivity index (χ4v) is 3.02. The Bertz CT molecular complexity index is 1180. The van der Waals surface area contributed by atoms with Crippen LogP contribution in [0, 0.1) is 0 Å². The van der Waals surface area contributed by atoms with Crippen LogP contribution in [0.1, 0.15) is 0 Å². The number of ether oxygens (including phenoxy) is 2. The first-order chi connectivity index (χ1) is 13.7. The number of aromatic nitrogens is 3. The monoisotopic (exact) mass is 372 g/mol. The lowest BCUT2D eigenvalue weighted by atomic mass is 10.2. The van der Waals surface area contributed by atoms with Gasteiger partial charge in [0, 0.05) is 35.1 Å². The van der Waals surface area contributed by atoms with Gasteiger partial charge in [0.1, 0.15) is 11.6 Å². The number of nitrogens with two attached hydrogens (primary N) is 1. The molecule has 1 aliphatic rings. The zero-order valence-electron chi connectivity index (χ0n) is 14.7. The lowest BCUT2D eigenvalue weighted by molar-refractivity contribution is 0.174. The number of nitrogen functional groups attached to an aromatic ring is 1. The first-order valence-corrected chi connectivity index (χ1v) is 8.66. The molecule has 2 aromatic heterocycles. The molecule has 0 spiro atoms. The third kappa shape index (κ3) is 3.18. The molecule has 28 heavy (non-hydrogen) atoms. The van der Waals surface area contributed by atoms with Crippen LogP contribution in [-0.4, -0.2) is 21.7 Å². The van der Waals surface area contributed by atoms with E-state index in [0.717, 1.165) is 28.0 Å². The molecule has 8 nitrogen and oxygen atoms in total. The molecule has 0 saturated carbocycles. The summed E-state index contributed by atoms with van der Waals surface area (Å²) in [6.07, 6.45) is 1.77. The zero-order valence-corrected chi connectivity index (χ0v) is 14.7. The molecule has 0 amide bonds. The molecule has 0 aliphatic carbocycles. The van der Waals surface area contributed by atoms with Crippen LogP contribution in [-0.2, 0) is 0 Å². The van der Waals surface area contributed by atoms with Crippen molar-refractivity contribution in [3.05, 3.63) is 60.8 Å². The molecule has 1 aliphatic heterocycles. The number of benzene rings is 2. The molecule has 4 aromatic rings. The highest BCUT2D eigenvalue weighted by atomic mass is 16.7. The fraction of sp³-hybridized carbons (Fsp3) is 0.0500. The number of rotatable bonds is 4. The van der Waals surface area contributed by atoms with Crippen LogP contribution in [0.4, 0.5) is 29.0 Å². The Hall–Kier alpha value is -4.07. The smallest absolute Gasteiger partial charge is 0.231 e. The van der Waals surface area contributed by atoms with Gasteiger partial charge in [-0.1, -0.05) is 6.07 Å². The van der Waals surface area contributed by atoms with Crippen LogP contribution >= 0.6 is 0 Å². The molecule has 3 heterocycles. The molecule has 0 bridgehead atoms. The van der Waals surface area contributed by atoms with Gasteiger partial charge in [0.2, 0.25) is 12.7 Å². The summed E-state index contributed by atoms with van der Waals surface area (Å²) in [5.74, 6) is 2.72. The zero-order chi connectivity index (χ0) is 18.9. The average molecular weight is 372 g/mol. The van der Waals surface area contributed by atoms with E-state index in [0.29, 0.717) is 17.4 Å². The second-order valence-corrected chi connectivity index (χ2v) is 6.23. The SMILES string of the molecule is Nc1nc(Nc2ccc3c(c2)OCO3)cc(Nc2ccc3ncccc3c2)n1. The van der Waals surface area contributed by atoms with E-state index in [1.54, 1.807) is 12.3 Å². The molecule has 138 valence electrons. The summed E-state index contributed by atoms with van der Waals surface area (Å²) in [5.41, 5.74) is 8.51. The molecule has 5 rings (SSSR count). The first kappa shape index (κ1) is 16.1. The minimum absolute atomic E-state index is 0.163. The van der Waals surface area contributed by atoms with Gasteiger partial charge in [-0.25, -0.2) is 0 Å². The Kier molecular flexibility index (Phi) is 3.79. The van der Waals surface area contributed by atoms with Crippen molar-refractivity contribution in [1.29, 1.82) is 0 Å². The van der Waals surface area contributed by atoms with Gasteiger partial charge in [0.25, 0.3) is 0 Å². The number of hydrogen-bond donors (Lipinski definition) is 3. The Morgan fingerprint density at radius 1 is 0.821 bits per heavy atom. The molecular formula is C20H16N6O2. The van der Waals surface area contributed by atoms with Gasteiger partial charge < -0.3 is 25.8 Å². The van der Waals surface area contributed by atoms with E-state index in [9.17, 15) is 0 Å².